The zero-order chi connectivity index (χ0) is 10.2. The van der Waals surface area contributed by atoms with Gasteiger partial charge in [0.05, 0.1) is 6.10 Å². The Morgan fingerprint density at radius 2 is 2.36 bits per heavy atom. The molecule has 1 aliphatic rings. The SMILES string of the molecule is CCN(CC=CCN)CC1CCCO1. The van der Waals surface area contributed by atoms with Crippen LogP contribution < -0.4 is 5.73 Å². The molecule has 3 nitrogen and oxygen atoms in total. The molecule has 1 aliphatic heterocycles. The van der Waals surface area contributed by atoms with Crippen LogP contribution in [0.15, 0.2) is 12.2 Å². The second kappa shape index (κ2) is 6.98. The lowest BCUT2D eigenvalue weighted by molar-refractivity contribution is 0.0785. The van der Waals surface area contributed by atoms with Crippen molar-refractivity contribution in [1.29, 1.82) is 0 Å². The summed E-state index contributed by atoms with van der Waals surface area (Å²) in [6.07, 6.45) is 7.05. The van der Waals surface area contributed by atoms with Gasteiger partial charge in [0.1, 0.15) is 0 Å². The molecule has 0 aromatic rings. The van der Waals surface area contributed by atoms with E-state index in [1.165, 1.54) is 12.8 Å². The summed E-state index contributed by atoms with van der Waals surface area (Å²) in [6.45, 7) is 6.90. The molecule has 1 saturated heterocycles. The van der Waals surface area contributed by atoms with Crippen LogP contribution in [0.25, 0.3) is 0 Å². The van der Waals surface area contributed by atoms with Gasteiger partial charge in [0.25, 0.3) is 0 Å². The lowest BCUT2D eigenvalue weighted by Crippen LogP contribution is -2.32. The number of rotatable bonds is 6. The van der Waals surface area contributed by atoms with Crippen LogP contribution >= 0.6 is 0 Å². The molecule has 1 rings (SSSR count). The second-order valence-electron chi connectivity index (χ2n) is 3.69. The van der Waals surface area contributed by atoms with Gasteiger partial charge in [-0.25, -0.2) is 0 Å². The summed E-state index contributed by atoms with van der Waals surface area (Å²) in [4.78, 5) is 2.39. The van der Waals surface area contributed by atoms with E-state index in [-0.39, 0.29) is 0 Å². The van der Waals surface area contributed by atoms with Crippen LogP contribution in [0, 0.1) is 0 Å². The summed E-state index contributed by atoms with van der Waals surface area (Å²) in [6, 6.07) is 0. The fraction of sp³-hybridized carbons (Fsp3) is 0.818. The third-order valence-corrected chi connectivity index (χ3v) is 2.60. The molecule has 1 atom stereocenters. The Morgan fingerprint density at radius 3 is 2.93 bits per heavy atom. The first-order chi connectivity index (χ1) is 6.86. The van der Waals surface area contributed by atoms with Crippen LogP contribution in [0.1, 0.15) is 19.8 Å². The molecule has 0 amide bonds. The standard InChI is InChI=1S/C11H22N2O/c1-2-13(8-4-3-7-12)10-11-6-5-9-14-11/h3-4,11H,2,5-10,12H2,1H3. The van der Waals surface area contributed by atoms with Gasteiger partial charge in [0, 0.05) is 26.2 Å². The van der Waals surface area contributed by atoms with Gasteiger partial charge in [-0.1, -0.05) is 19.1 Å². The minimum atomic E-state index is 0.459. The smallest absolute Gasteiger partial charge is 0.0702 e. The lowest BCUT2D eigenvalue weighted by atomic mass is 10.2. The van der Waals surface area contributed by atoms with Crippen LogP contribution in [-0.2, 0) is 4.74 Å². The van der Waals surface area contributed by atoms with Gasteiger partial charge in [-0.15, -0.1) is 0 Å². The minimum absolute atomic E-state index is 0.459. The van der Waals surface area contributed by atoms with Crippen molar-refractivity contribution in [2.45, 2.75) is 25.9 Å². The molecular formula is C11H22N2O. The van der Waals surface area contributed by atoms with Crippen molar-refractivity contribution in [2.24, 2.45) is 5.73 Å². The summed E-state index contributed by atoms with van der Waals surface area (Å²) >= 11 is 0. The van der Waals surface area contributed by atoms with E-state index < -0.39 is 0 Å². The minimum Gasteiger partial charge on any atom is -0.377 e. The van der Waals surface area contributed by atoms with Crippen molar-refractivity contribution >= 4 is 0 Å². The molecule has 0 aromatic heterocycles. The summed E-state index contributed by atoms with van der Waals surface area (Å²) < 4.78 is 5.60. The van der Waals surface area contributed by atoms with Gasteiger partial charge in [-0.3, -0.25) is 4.90 Å². The van der Waals surface area contributed by atoms with E-state index >= 15 is 0 Å². The Morgan fingerprint density at radius 1 is 1.50 bits per heavy atom. The highest BCUT2D eigenvalue weighted by Gasteiger charge is 2.17. The Kier molecular flexibility index (Phi) is 5.83. The van der Waals surface area contributed by atoms with Gasteiger partial charge in [0.15, 0.2) is 0 Å². The molecule has 0 bridgehead atoms. The van der Waals surface area contributed by atoms with E-state index in [0.717, 1.165) is 26.2 Å². The molecule has 1 fully saturated rings. The molecule has 2 N–H and O–H groups in total. The van der Waals surface area contributed by atoms with Crippen LogP contribution in [0.5, 0.6) is 0 Å². The predicted octanol–water partition coefficient (Wildman–Crippen LogP) is 1.00. The Balaban J connectivity index is 2.19. The fourth-order valence-corrected chi connectivity index (χ4v) is 1.73. The van der Waals surface area contributed by atoms with Gasteiger partial charge in [-0.05, 0) is 19.4 Å². The molecule has 0 spiro atoms. The second-order valence-corrected chi connectivity index (χ2v) is 3.69. The summed E-state index contributed by atoms with van der Waals surface area (Å²) in [7, 11) is 0. The quantitative estimate of drug-likeness (QED) is 0.647. The zero-order valence-electron chi connectivity index (χ0n) is 9.11. The summed E-state index contributed by atoms with van der Waals surface area (Å²) in [5.41, 5.74) is 5.39. The average Bonchev–Trinajstić information content (AvgIpc) is 2.69. The largest absolute Gasteiger partial charge is 0.377 e. The number of nitrogens with zero attached hydrogens (tertiary/aromatic N) is 1. The summed E-state index contributed by atoms with van der Waals surface area (Å²) in [5, 5.41) is 0. The highest BCUT2D eigenvalue weighted by atomic mass is 16.5. The number of nitrogens with two attached hydrogens (primary N) is 1. The Bertz CT molecular complexity index is 165. The highest BCUT2D eigenvalue weighted by molar-refractivity contribution is 4.86. The molecule has 3 heteroatoms. The van der Waals surface area contributed by atoms with Crippen molar-refractivity contribution in [3.8, 4) is 0 Å². The van der Waals surface area contributed by atoms with Gasteiger partial charge >= 0.3 is 0 Å². The third-order valence-electron chi connectivity index (χ3n) is 2.60. The van der Waals surface area contributed by atoms with Crippen molar-refractivity contribution in [1.82, 2.24) is 4.90 Å². The van der Waals surface area contributed by atoms with Crippen molar-refractivity contribution in [2.75, 3.05) is 32.8 Å². The predicted molar refractivity (Wildman–Crippen MR) is 59.3 cm³/mol. The highest BCUT2D eigenvalue weighted by Crippen LogP contribution is 2.13. The van der Waals surface area contributed by atoms with Gasteiger partial charge in [0.2, 0.25) is 0 Å². The monoisotopic (exact) mass is 198 g/mol. The first kappa shape index (κ1) is 11.7. The number of likely N-dealkylation sites (N-methyl/N-ethyl adjacent to an activating group) is 1. The zero-order valence-corrected chi connectivity index (χ0v) is 9.11. The normalized spacial score (nSPS) is 22.6. The first-order valence-electron chi connectivity index (χ1n) is 5.55. The Hall–Kier alpha value is -0.380. The lowest BCUT2D eigenvalue weighted by Gasteiger charge is -2.21. The van der Waals surface area contributed by atoms with Gasteiger partial charge < -0.3 is 10.5 Å². The molecule has 0 aromatic carbocycles. The van der Waals surface area contributed by atoms with E-state index in [9.17, 15) is 0 Å². The van der Waals surface area contributed by atoms with E-state index in [4.69, 9.17) is 10.5 Å². The third kappa shape index (κ3) is 4.22. The molecule has 1 unspecified atom stereocenters. The summed E-state index contributed by atoms with van der Waals surface area (Å²) in [5.74, 6) is 0. The number of hydrogen-bond donors (Lipinski definition) is 1. The Labute approximate surface area is 86.9 Å². The van der Waals surface area contributed by atoms with E-state index in [0.29, 0.717) is 12.6 Å². The van der Waals surface area contributed by atoms with Gasteiger partial charge in [-0.2, -0.15) is 0 Å². The molecular weight excluding hydrogens is 176 g/mol. The molecule has 82 valence electrons. The van der Waals surface area contributed by atoms with Crippen LogP contribution in [0.3, 0.4) is 0 Å². The van der Waals surface area contributed by atoms with E-state index in [1.807, 2.05) is 6.08 Å². The molecule has 0 saturated carbocycles. The molecule has 0 aliphatic carbocycles. The maximum atomic E-state index is 5.60. The topological polar surface area (TPSA) is 38.5 Å². The maximum Gasteiger partial charge on any atom is 0.0702 e. The number of ether oxygens (including phenoxy) is 1. The van der Waals surface area contributed by atoms with Crippen molar-refractivity contribution in [3.63, 3.8) is 0 Å². The van der Waals surface area contributed by atoms with E-state index in [2.05, 4.69) is 17.9 Å². The maximum absolute atomic E-state index is 5.60. The van der Waals surface area contributed by atoms with Crippen LogP contribution in [0.4, 0.5) is 0 Å². The van der Waals surface area contributed by atoms with Crippen LogP contribution in [-0.4, -0.2) is 43.8 Å². The number of hydrogen-bond acceptors (Lipinski definition) is 3. The average molecular weight is 198 g/mol. The van der Waals surface area contributed by atoms with E-state index in [1.54, 1.807) is 0 Å². The van der Waals surface area contributed by atoms with Crippen LogP contribution in [0.2, 0.25) is 0 Å². The first-order valence-corrected chi connectivity index (χ1v) is 5.55. The van der Waals surface area contributed by atoms with Crippen molar-refractivity contribution < 1.29 is 4.74 Å². The molecule has 14 heavy (non-hydrogen) atoms. The fourth-order valence-electron chi connectivity index (χ4n) is 1.73. The molecule has 1 heterocycles. The van der Waals surface area contributed by atoms with Crippen molar-refractivity contribution in [3.05, 3.63) is 12.2 Å². The molecule has 0 radical (unpaired) electrons.